The molecular formula is C28H52NO17P. The molecule has 16 atom stereocenters. The Hall–Kier alpha value is -0.740. The quantitative estimate of drug-likeness (QED) is 0.0423. The molecule has 3 rings (SSSR count). The van der Waals surface area contributed by atoms with Crippen molar-refractivity contribution in [1.29, 1.82) is 0 Å². The topological polar surface area (TPSA) is 265 Å². The van der Waals surface area contributed by atoms with Gasteiger partial charge in [0, 0.05) is 31.8 Å². The van der Waals surface area contributed by atoms with E-state index in [-0.39, 0.29) is 45.5 Å². The van der Waals surface area contributed by atoms with Crippen LogP contribution in [0.1, 0.15) is 27.2 Å². The zero-order valence-electron chi connectivity index (χ0n) is 27.0. The Morgan fingerprint density at radius 1 is 0.723 bits per heavy atom. The van der Waals surface area contributed by atoms with Crippen molar-refractivity contribution in [3.05, 3.63) is 0 Å². The summed E-state index contributed by atoms with van der Waals surface area (Å²) in [6.07, 6.45) is -10.9. The predicted molar refractivity (Wildman–Crippen MR) is 159 cm³/mol. The van der Waals surface area contributed by atoms with E-state index in [0.717, 1.165) is 0 Å². The number of hydrogen-bond donors (Lipinski definition) is 9. The van der Waals surface area contributed by atoms with Crippen LogP contribution in [0.5, 0.6) is 0 Å². The van der Waals surface area contributed by atoms with Crippen LogP contribution in [0, 0.1) is 17.8 Å². The molecule has 9 N–H and O–H groups in total. The summed E-state index contributed by atoms with van der Waals surface area (Å²) in [6, 6.07) is -0.815. The smallest absolute Gasteiger partial charge is 0.362 e. The largest absolute Gasteiger partial charge is 0.394 e. The van der Waals surface area contributed by atoms with Crippen molar-refractivity contribution in [2.24, 2.45) is 17.8 Å². The number of aliphatic hydroxyl groups excluding tert-OH is 7. The first-order valence-electron chi connectivity index (χ1n) is 15.7. The van der Waals surface area contributed by atoms with Crippen LogP contribution >= 0.6 is 8.60 Å². The second-order valence-electron chi connectivity index (χ2n) is 12.1. The number of carbonyl (C=O) groups is 1. The van der Waals surface area contributed by atoms with Gasteiger partial charge in [0.05, 0.1) is 95.0 Å². The van der Waals surface area contributed by atoms with Crippen LogP contribution in [0.2, 0.25) is 0 Å². The van der Waals surface area contributed by atoms with Gasteiger partial charge in [0.25, 0.3) is 0 Å². The summed E-state index contributed by atoms with van der Waals surface area (Å²) >= 11 is 0. The van der Waals surface area contributed by atoms with E-state index in [9.17, 15) is 40.5 Å². The minimum atomic E-state index is -2.07. The molecule has 3 fully saturated rings. The lowest BCUT2D eigenvalue weighted by molar-refractivity contribution is -0.241. The van der Waals surface area contributed by atoms with E-state index >= 15 is 0 Å². The van der Waals surface area contributed by atoms with Gasteiger partial charge in [0.2, 0.25) is 5.91 Å². The molecule has 47 heavy (non-hydrogen) atoms. The monoisotopic (exact) mass is 705 g/mol. The molecule has 0 aromatic carbocycles. The molecule has 0 aromatic heterocycles. The van der Waals surface area contributed by atoms with Crippen molar-refractivity contribution in [3.8, 4) is 0 Å². The van der Waals surface area contributed by atoms with Crippen molar-refractivity contribution in [1.82, 2.24) is 5.32 Å². The molecule has 0 radical (unpaired) electrons. The summed E-state index contributed by atoms with van der Waals surface area (Å²) in [5.74, 6) is -2.51. The molecule has 0 aromatic rings. The summed E-state index contributed by atoms with van der Waals surface area (Å²) in [7, 11) is -0.806. The fraction of sp³-hybridized carbons (Fsp3) is 0.964. The number of nitrogens with one attached hydrogen (secondary N) is 1. The number of amides is 1. The summed E-state index contributed by atoms with van der Waals surface area (Å²) in [5, 5.41) is 85.5. The molecule has 3 aliphatic heterocycles. The van der Waals surface area contributed by atoms with Crippen LogP contribution in [-0.2, 0) is 42.2 Å². The van der Waals surface area contributed by atoms with Crippen molar-refractivity contribution in [2.45, 2.75) is 100 Å². The van der Waals surface area contributed by atoms with Crippen LogP contribution in [0.3, 0.4) is 0 Å². The van der Waals surface area contributed by atoms with Gasteiger partial charge in [0.1, 0.15) is 24.4 Å². The molecule has 276 valence electrons. The van der Waals surface area contributed by atoms with Gasteiger partial charge < -0.3 is 73.8 Å². The second-order valence-corrected chi connectivity index (χ2v) is 13.3. The summed E-state index contributed by atoms with van der Waals surface area (Å²) < 4.78 is 43.1. The zero-order valence-corrected chi connectivity index (χ0v) is 27.9. The first kappa shape index (κ1) is 40.7. The third-order valence-electron chi connectivity index (χ3n) is 9.11. The molecule has 19 heteroatoms. The van der Waals surface area contributed by atoms with Crippen LogP contribution in [0.4, 0.5) is 0 Å². The van der Waals surface area contributed by atoms with Crippen LogP contribution in [0.15, 0.2) is 0 Å². The number of hydrogen-bond acceptors (Lipinski definition) is 17. The highest BCUT2D eigenvalue weighted by atomic mass is 31.2. The second kappa shape index (κ2) is 19.6. The maximum absolute atomic E-state index is 11.8. The summed E-state index contributed by atoms with van der Waals surface area (Å²) in [5.41, 5.74) is 0. The third kappa shape index (κ3) is 10.4. The van der Waals surface area contributed by atoms with Gasteiger partial charge in [0.15, 0.2) is 0 Å². The van der Waals surface area contributed by atoms with Crippen molar-refractivity contribution in [2.75, 3.05) is 53.4 Å². The Balaban J connectivity index is 1.55. The van der Waals surface area contributed by atoms with Gasteiger partial charge in [-0.05, 0) is 13.3 Å². The summed E-state index contributed by atoms with van der Waals surface area (Å²) in [6.45, 7) is 2.91. The summed E-state index contributed by atoms with van der Waals surface area (Å²) in [4.78, 5) is 11.8. The van der Waals surface area contributed by atoms with Crippen molar-refractivity contribution >= 4 is 14.5 Å². The SMILES string of the molecule is CCC1C(CO)OC(COCC2C(CO)OC(COCC3C(O)C(C)OC(COP(OC)OO)C3O)C(O)C2O)C(NC(C)=O)C1O. The highest BCUT2D eigenvalue weighted by Gasteiger charge is 2.48. The Morgan fingerprint density at radius 3 is 1.87 bits per heavy atom. The van der Waals surface area contributed by atoms with E-state index in [2.05, 4.69) is 9.99 Å². The molecule has 18 nitrogen and oxygen atoms in total. The highest BCUT2D eigenvalue weighted by Crippen LogP contribution is 2.38. The van der Waals surface area contributed by atoms with E-state index in [1.54, 1.807) is 6.92 Å². The number of aliphatic hydroxyl groups is 7. The average Bonchev–Trinajstić information content (AvgIpc) is 3.05. The first-order chi connectivity index (χ1) is 22.4. The fourth-order valence-electron chi connectivity index (χ4n) is 6.46. The van der Waals surface area contributed by atoms with Crippen LogP contribution in [0.25, 0.3) is 0 Å². The van der Waals surface area contributed by atoms with E-state index in [4.69, 9.17) is 38.0 Å². The van der Waals surface area contributed by atoms with Gasteiger partial charge in [-0.15, -0.1) is 0 Å². The minimum absolute atomic E-state index is 0.140. The first-order valence-corrected chi connectivity index (χ1v) is 16.8. The fourth-order valence-corrected chi connectivity index (χ4v) is 6.95. The minimum Gasteiger partial charge on any atom is -0.394 e. The lowest BCUT2D eigenvalue weighted by Gasteiger charge is -2.45. The Morgan fingerprint density at radius 2 is 1.30 bits per heavy atom. The van der Waals surface area contributed by atoms with Gasteiger partial charge in [-0.3, -0.25) is 4.79 Å². The molecule has 0 saturated carbocycles. The third-order valence-corrected chi connectivity index (χ3v) is 9.90. The van der Waals surface area contributed by atoms with Gasteiger partial charge in [-0.25, -0.2) is 5.26 Å². The standard InChI is InChI=1S/C28H52NO17P/c1-5-15-18(6-30)44-20(23(26(15)35)29-14(3)32)10-40-8-16-19(7-31)45-21(28(37)27(16)36)11-41-9-17-24(33)13(2)43-22(25(17)34)12-42-47(39-4)46-38/h13,15-28,30-31,33-38H,5-12H2,1-4H3,(H,29,32). The molecular weight excluding hydrogens is 653 g/mol. The van der Waals surface area contributed by atoms with E-state index in [1.165, 1.54) is 14.0 Å². The van der Waals surface area contributed by atoms with Gasteiger partial charge >= 0.3 is 8.60 Å². The molecule has 0 bridgehead atoms. The molecule has 0 spiro atoms. The van der Waals surface area contributed by atoms with E-state index in [1.807, 2.05) is 6.92 Å². The normalized spacial score (nSPS) is 41.8. The molecule has 0 aliphatic carbocycles. The zero-order chi connectivity index (χ0) is 34.8. The Labute approximate surface area is 274 Å². The van der Waals surface area contributed by atoms with Crippen LogP contribution in [-0.4, -0.2) is 173 Å². The number of ether oxygens (including phenoxy) is 5. The van der Waals surface area contributed by atoms with Crippen LogP contribution < -0.4 is 5.32 Å². The molecule has 16 unspecified atom stereocenters. The molecule has 3 heterocycles. The van der Waals surface area contributed by atoms with Crippen molar-refractivity contribution < 1.29 is 83.2 Å². The Bertz CT molecular complexity index is 920. The van der Waals surface area contributed by atoms with E-state index in [0.29, 0.717) is 6.42 Å². The Kier molecular flexibility index (Phi) is 17.0. The lowest BCUT2D eigenvalue weighted by Crippen LogP contribution is -2.63. The average molecular weight is 706 g/mol. The van der Waals surface area contributed by atoms with E-state index < -0.39 is 106 Å². The molecule has 1 amide bonds. The predicted octanol–water partition coefficient (Wildman–Crippen LogP) is -2.73. The maximum atomic E-state index is 11.8. The molecule has 3 saturated heterocycles. The van der Waals surface area contributed by atoms with Crippen molar-refractivity contribution in [3.63, 3.8) is 0 Å². The van der Waals surface area contributed by atoms with Gasteiger partial charge in [-0.1, -0.05) is 6.92 Å². The van der Waals surface area contributed by atoms with Gasteiger partial charge in [-0.2, -0.15) is 4.67 Å². The lowest BCUT2D eigenvalue weighted by atomic mass is 9.83. The molecule has 3 aliphatic rings. The number of rotatable bonds is 17. The highest BCUT2D eigenvalue weighted by molar-refractivity contribution is 7.41. The number of carbonyl (C=O) groups excluding carboxylic acids is 1. The maximum Gasteiger partial charge on any atom is 0.362 e.